The summed E-state index contributed by atoms with van der Waals surface area (Å²) >= 11 is 0.849. The molecular weight excluding hydrogens is 306 g/mol. The summed E-state index contributed by atoms with van der Waals surface area (Å²) in [4.78, 5) is 10.3. The number of sulfonamides is 1. The summed E-state index contributed by atoms with van der Waals surface area (Å²) in [7, 11) is -0.748. The molecule has 20 heavy (non-hydrogen) atoms. The molecule has 0 unspecified atom stereocenters. The Kier molecular flexibility index (Phi) is 5.87. The van der Waals surface area contributed by atoms with Crippen molar-refractivity contribution in [1.82, 2.24) is 4.31 Å². The van der Waals surface area contributed by atoms with Crippen molar-refractivity contribution in [3.63, 3.8) is 0 Å². The summed E-state index contributed by atoms with van der Waals surface area (Å²) in [5.41, 5.74) is -0.237. The fourth-order valence-corrected chi connectivity index (χ4v) is 4.44. The van der Waals surface area contributed by atoms with E-state index < -0.39 is 14.9 Å². The van der Waals surface area contributed by atoms with Gasteiger partial charge in [0.05, 0.1) is 11.5 Å². The topological polar surface area (TPSA) is 102 Å². The Labute approximate surface area is 121 Å². The number of nitrogens with zero attached hydrogens (tertiary/aromatic N) is 2. The molecule has 0 aliphatic heterocycles. The first kappa shape index (κ1) is 16.8. The molecule has 1 rings (SSSR count). The summed E-state index contributed by atoms with van der Waals surface area (Å²) in [5, 5.41) is 13.7. The summed E-state index contributed by atoms with van der Waals surface area (Å²) < 4.78 is 30.9. The number of methoxy groups -OCH3 is 1. The zero-order valence-electron chi connectivity index (χ0n) is 11.5. The standard InChI is InChI=1S/C10H17N3O5S2/c1-4-12(5-6-18-3)20(16,17)9-7-8(13(14)15)10(11-2)19-9/h7,11H,4-6H2,1-3H3. The van der Waals surface area contributed by atoms with E-state index in [9.17, 15) is 18.5 Å². The fraction of sp³-hybridized carbons (Fsp3) is 0.600. The number of nitrogens with one attached hydrogen (secondary N) is 1. The molecule has 1 aromatic heterocycles. The van der Waals surface area contributed by atoms with Gasteiger partial charge in [0.2, 0.25) is 0 Å². The van der Waals surface area contributed by atoms with E-state index in [1.165, 1.54) is 18.5 Å². The lowest BCUT2D eigenvalue weighted by Gasteiger charge is -2.18. The highest BCUT2D eigenvalue weighted by atomic mass is 32.2. The summed E-state index contributed by atoms with van der Waals surface area (Å²) in [5.74, 6) is 0. The molecule has 1 N–H and O–H groups in total. The van der Waals surface area contributed by atoms with Crippen molar-refractivity contribution >= 4 is 32.0 Å². The predicted octanol–water partition coefficient (Wildman–Crippen LogP) is 1.36. The van der Waals surface area contributed by atoms with Gasteiger partial charge in [0, 0.05) is 33.3 Å². The van der Waals surface area contributed by atoms with E-state index in [1.807, 2.05) is 0 Å². The molecule has 10 heteroatoms. The van der Waals surface area contributed by atoms with Crippen LogP contribution in [-0.2, 0) is 14.8 Å². The molecule has 0 saturated heterocycles. The lowest BCUT2D eigenvalue weighted by molar-refractivity contribution is -0.383. The maximum absolute atomic E-state index is 12.4. The maximum Gasteiger partial charge on any atom is 0.304 e. The number of hydrogen-bond donors (Lipinski definition) is 1. The van der Waals surface area contributed by atoms with E-state index in [0.29, 0.717) is 0 Å². The Morgan fingerprint density at radius 2 is 2.20 bits per heavy atom. The molecule has 0 saturated carbocycles. The average molecular weight is 323 g/mol. The van der Waals surface area contributed by atoms with Crippen molar-refractivity contribution in [3.8, 4) is 0 Å². The van der Waals surface area contributed by atoms with Crippen LogP contribution in [-0.4, -0.2) is 51.5 Å². The number of likely N-dealkylation sites (N-methyl/N-ethyl adjacent to an activating group) is 1. The second-order valence-corrected chi connectivity index (χ2v) is 6.99. The largest absolute Gasteiger partial charge is 0.383 e. The van der Waals surface area contributed by atoms with Crippen molar-refractivity contribution in [3.05, 3.63) is 16.2 Å². The highest BCUT2D eigenvalue weighted by Gasteiger charge is 2.29. The van der Waals surface area contributed by atoms with Crippen LogP contribution in [0, 0.1) is 10.1 Å². The molecule has 1 heterocycles. The number of nitro groups is 1. The van der Waals surface area contributed by atoms with Crippen LogP contribution in [0.1, 0.15) is 6.92 Å². The minimum Gasteiger partial charge on any atom is -0.383 e. The number of hydrogen-bond acceptors (Lipinski definition) is 7. The van der Waals surface area contributed by atoms with Gasteiger partial charge in [0.1, 0.15) is 4.21 Å². The first-order valence-corrected chi connectivity index (χ1v) is 8.09. The van der Waals surface area contributed by atoms with Gasteiger partial charge in [-0.15, -0.1) is 0 Å². The Balaban J connectivity index is 3.17. The van der Waals surface area contributed by atoms with Crippen LogP contribution in [0.3, 0.4) is 0 Å². The third kappa shape index (κ3) is 3.45. The normalized spacial score (nSPS) is 11.8. The smallest absolute Gasteiger partial charge is 0.304 e. The highest BCUT2D eigenvalue weighted by molar-refractivity contribution is 7.91. The molecule has 114 valence electrons. The minimum absolute atomic E-state index is 0.0495. The van der Waals surface area contributed by atoms with E-state index in [4.69, 9.17) is 4.74 Å². The Hall–Kier alpha value is -1.23. The summed E-state index contributed by atoms with van der Waals surface area (Å²) in [6, 6.07) is 1.08. The average Bonchev–Trinajstić information content (AvgIpc) is 2.84. The first-order chi connectivity index (χ1) is 9.38. The van der Waals surface area contributed by atoms with Gasteiger partial charge in [0.15, 0.2) is 5.00 Å². The molecule has 0 aliphatic rings. The maximum atomic E-state index is 12.4. The second-order valence-electron chi connectivity index (χ2n) is 3.78. The van der Waals surface area contributed by atoms with Crippen molar-refractivity contribution < 1.29 is 18.1 Å². The van der Waals surface area contributed by atoms with Gasteiger partial charge < -0.3 is 10.1 Å². The summed E-state index contributed by atoms with van der Waals surface area (Å²) in [6.07, 6.45) is 0. The third-order valence-corrected chi connectivity index (χ3v) is 6.17. The van der Waals surface area contributed by atoms with Crippen LogP contribution < -0.4 is 5.32 Å². The van der Waals surface area contributed by atoms with E-state index >= 15 is 0 Å². The zero-order valence-corrected chi connectivity index (χ0v) is 13.1. The molecule has 0 aliphatic carbocycles. The van der Waals surface area contributed by atoms with Crippen LogP contribution in [0.25, 0.3) is 0 Å². The lowest BCUT2D eigenvalue weighted by Crippen LogP contribution is -2.33. The summed E-state index contributed by atoms with van der Waals surface area (Å²) in [6.45, 7) is 2.44. The zero-order chi connectivity index (χ0) is 15.3. The predicted molar refractivity (Wildman–Crippen MR) is 76.8 cm³/mol. The molecule has 0 spiro atoms. The number of rotatable bonds is 8. The van der Waals surface area contributed by atoms with Crippen molar-refractivity contribution in [2.45, 2.75) is 11.1 Å². The van der Waals surface area contributed by atoms with Crippen LogP contribution in [0.15, 0.2) is 10.3 Å². The minimum atomic E-state index is -3.74. The monoisotopic (exact) mass is 323 g/mol. The van der Waals surface area contributed by atoms with Gasteiger partial charge in [-0.1, -0.05) is 18.3 Å². The molecule has 8 nitrogen and oxygen atoms in total. The van der Waals surface area contributed by atoms with Crippen LogP contribution in [0.2, 0.25) is 0 Å². The van der Waals surface area contributed by atoms with E-state index in [1.54, 1.807) is 6.92 Å². The van der Waals surface area contributed by atoms with Gasteiger partial charge in [-0.05, 0) is 0 Å². The van der Waals surface area contributed by atoms with E-state index in [2.05, 4.69) is 5.32 Å². The van der Waals surface area contributed by atoms with Crippen LogP contribution in [0.5, 0.6) is 0 Å². The van der Waals surface area contributed by atoms with Gasteiger partial charge >= 0.3 is 5.69 Å². The Morgan fingerprint density at radius 3 is 2.60 bits per heavy atom. The highest BCUT2D eigenvalue weighted by Crippen LogP contribution is 2.37. The molecule has 0 amide bonds. The van der Waals surface area contributed by atoms with Crippen molar-refractivity contribution in [2.24, 2.45) is 0 Å². The quantitative estimate of drug-likeness (QED) is 0.572. The molecule has 0 bridgehead atoms. The van der Waals surface area contributed by atoms with Gasteiger partial charge in [0.25, 0.3) is 10.0 Å². The van der Waals surface area contributed by atoms with E-state index in [0.717, 1.165) is 17.4 Å². The Bertz CT molecular complexity index is 569. The number of anilines is 1. The fourth-order valence-electron chi connectivity index (χ4n) is 1.57. The van der Waals surface area contributed by atoms with Crippen LogP contribution >= 0.6 is 11.3 Å². The van der Waals surface area contributed by atoms with Gasteiger partial charge in [-0.25, -0.2) is 8.42 Å². The molecule has 1 aromatic rings. The Morgan fingerprint density at radius 1 is 1.55 bits per heavy atom. The van der Waals surface area contributed by atoms with Crippen molar-refractivity contribution in [1.29, 1.82) is 0 Å². The molecule has 0 aromatic carbocycles. The first-order valence-electron chi connectivity index (χ1n) is 5.83. The molecule has 0 fully saturated rings. The second kappa shape index (κ2) is 6.97. The van der Waals surface area contributed by atoms with Crippen molar-refractivity contribution in [2.75, 3.05) is 39.2 Å². The molecular formula is C10H17N3O5S2. The lowest BCUT2D eigenvalue weighted by atomic mass is 10.5. The van der Waals surface area contributed by atoms with Gasteiger partial charge in [-0.2, -0.15) is 4.31 Å². The molecule has 0 atom stereocenters. The SMILES string of the molecule is CCN(CCOC)S(=O)(=O)c1cc([N+](=O)[O-])c(NC)s1. The number of thiophene rings is 1. The number of ether oxygens (including phenoxy) is 1. The third-order valence-electron chi connectivity index (χ3n) is 2.61. The molecule has 0 radical (unpaired) electrons. The van der Waals surface area contributed by atoms with Gasteiger partial charge in [-0.3, -0.25) is 10.1 Å². The van der Waals surface area contributed by atoms with E-state index in [-0.39, 0.29) is 34.6 Å². The van der Waals surface area contributed by atoms with Crippen LogP contribution in [0.4, 0.5) is 10.7 Å².